The van der Waals surface area contributed by atoms with Crippen LogP contribution in [0.3, 0.4) is 0 Å². The topological polar surface area (TPSA) is 32.6 Å². The van der Waals surface area contributed by atoms with Gasteiger partial charge in [0.2, 0.25) is 5.69 Å². The van der Waals surface area contributed by atoms with Crippen LogP contribution in [0.2, 0.25) is 0 Å². The van der Waals surface area contributed by atoms with E-state index >= 15 is 0 Å². The van der Waals surface area contributed by atoms with Crippen molar-refractivity contribution < 1.29 is 4.57 Å². The normalized spacial score (nSPS) is 11.1. The minimum Gasteiger partial charge on any atom is -0.278 e. The summed E-state index contributed by atoms with van der Waals surface area (Å²) in [6, 6.07) is 10.8. The zero-order valence-electron chi connectivity index (χ0n) is 10.9. The van der Waals surface area contributed by atoms with Gasteiger partial charge in [0.15, 0.2) is 11.4 Å². The molecule has 3 heteroatoms. The Labute approximate surface area is 106 Å². The summed E-state index contributed by atoms with van der Waals surface area (Å²) in [6.45, 7) is 6.40. The zero-order chi connectivity index (χ0) is 12.7. The summed E-state index contributed by atoms with van der Waals surface area (Å²) < 4.78 is 2.26. The second-order valence-corrected chi connectivity index (χ2v) is 4.79. The number of aromatic amines is 1. The van der Waals surface area contributed by atoms with Gasteiger partial charge in [-0.1, -0.05) is 0 Å². The molecule has 0 spiro atoms. The van der Waals surface area contributed by atoms with Gasteiger partial charge < -0.3 is 0 Å². The summed E-state index contributed by atoms with van der Waals surface area (Å²) >= 11 is 0. The Bertz CT molecular complexity index is 702. The maximum absolute atomic E-state index is 4.06. The Morgan fingerprint density at radius 2 is 1.72 bits per heavy atom. The average molecular weight is 238 g/mol. The predicted octanol–water partition coefficient (Wildman–Crippen LogP) is 2.76. The van der Waals surface area contributed by atoms with E-state index in [1.165, 1.54) is 22.6 Å². The summed E-state index contributed by atoms with van der Waals surface area (Å²) in [5.41, 5.74) is 6.02. The number of H-pyrrole nitrogens is 1. The van der Waals surface area contributed by atoms with Gasteiger partial charge in [-0.05, 0) is 18.6 Å². The smallest absolute Gasteiger partial charge is 0.213 e. The minimum absolute atomic E-state index is 1.07. The number of hydrogen-bond donors (Lipinski definition) is 1. The highest BCUT2D eigenvalue weighted by molar-refractivity contribution is 5.79. The van der Waals surface area contributed by atoms with E-state index in [4.69, 9.17) is 0 Å². The van der Waals surface area contributed by atoms with Crippen LogP contribution in [0.4, 0.5) is 0 Å². The predicted molar refractivity (Wildman–Crippen MR) is 71.8 cm³/mol. The van der Waals surface area contributed by atoms with E-state index in [1.807, 2.05) is 6.20 Å². The van der Waals surface area contributed by atoms with E-state index < -0.39 is 0 Å². The molecule has 0 aliphatic heterocycles. The van der Waals surface area contributed by atoms with Crippen LogP contribution in [0, 0.1) is 20.8 Å². The first kappa shape index (κ1) is 11.0. The van der Waals surface area contributed by atoms with Crippen LogP contribution in [-0.2, 0) is 0 Å². The first-order valence-corrected chi connectivity index (χ1v) is 6.08. The molecule has 0 saturated carbocycles. The Balaban J connectivity index is 2.25. The van der Waals surface area contributed by atoms with E-state index in [0.717, 1.165) is 10.9 Å². The fourth-order valence-electron chi connectivity index (χ4n) is 2.58. The van der Waals surface area contributed by atoms with Crippen LogP contribution in [0.1, 0.15) is 17.0 Å². The monoisotopic (exact) mass is 238 g/mol. The highest BCUT2D eigenvalue weighted by Crippen LogP contribution is 2.14. The number of nitrogens with zero attached hydrogens (tertiary/aromatic N) is 2. The van der Waals surface area contributed by atoms with Crippen LogP contribution in [0.15, 0.2) is 36.5 Å². The third-order valence-electron chi connectivity index (χ3n) is 3.26. The van der Waals surface area contributed by atoms with E-state index in [9.17, 15) is 0 Å². The number of pyridine rings is 1. The van der Waals surface area contributed by atoms with Gasteiger partial charge in [0, 0.05) is 43.5 Å². The molecule has 18 heavy (non-hydrogen) atoms. The van der Waals surface area contributed by atoms with Crippen molar-refractivity contribution >= 4 is 10.9 Å². The molecule has 0 saturated heterocycles. The molecule has 0 atom stereocenters. The highest BCUT2D eigenvalue weighted by Gasteiger charge is 2.15. The number of aryl methyl sites for hydroxylation is 3. The molecule has 2 aromatic heterocycles. The van der Waals surface area contributed by atoms with E-state index in [1.54, 1.807) is 0 Å². The Morgan fingerprint density at radius 1 is 1.00 bits per heavy atom. The van der Waals surface area contributed by atoms with Crippen LogP contribution in [-0.4, -0.2) is 10.2 Å². The lowest BCUT2D eigenvalue weighted by Crippen LogP contribution is -2.37. The van der Waals surface area contributed by atoms with Gasteiger partial charge >= 0.3 is 0 Å². The van der Waals surface area contributed by atoms with Crippen molar-refractivity contribution in [2.45, 2.75) is 20.8 Å². The molecule has 0 amide bonds. The highest BCUT2D eigenvalue weighted by atomic mass is 15.1. The molecule has 1 aromatic carbocycles. The summed E-state index contributed by atoms with van der Waals surface area (Å²) in [4.78, 5) is 0. The van der Waals surface area contributed by atoms with Crippen LogP contribution in [0.5, 0.6) is 0 Å². The van der Waals surface area contributed by atoms with E-state index in [0.29, 0.717) is 0 Å². The average Bonchev–Trinajstić information content (AvgIpc) is 2.74. The summed E-state index contributed by atoms with van der Waals surface area (Å²) in [7, 11) is 0. The Morgan fingerprint density at radius 3 is 2.44 bits per heavy atom. The maximum Gasteiger partial charge on any atom is 0.213 e. The van der Waals surface area contributed by atoms with Crippen molar-refractivity contribution in [1.82, 2.24) is 10.2 Å². The Hall–Kier alpha value is -2.16. The van der Waals surface area contributed by atoms with Gasteiger partial charge in [-0.2, -0.15) is 9.67 Å². The Kier molecular flexibility index (Phi) is 2.40. The first-order chi connectivity index (χ1) is 8.65. The molecule has 3 nitrogen and oxygen atoms in total. The van der Waals surface area contributed by atoms with E-state index in [2.05, 4.69) is 65.9 Å². The molecule has 0 aliphatic carbocycles. The molecule has 0 fully saturated rings. The van der Waals surface area contributed by atoms with Crippen LogP contribution < -0.4 is 4.57 Å². The second kappa shape index (κ2) is 3.95. The quantitative estimate of drug-likeness (QED) is 0.650. The molecule has 2 heterocycles. The SMILES string of the molecule is Cc1cc(C)[n+](-c2ccc3cn[nH]c3c2)c(C)c1. The third-order valence-corrected chi connectivity index (χ3v) is 3.26. The lowest BCUT2D eigenvalue weighted by Gasteiger charge is -2.04. The molecule has 90 valence electrons. The van der Waals surface area contributed by atoms with Crippen LogP contribution >= 0.6 is 0 Å². The molecular formula is C15H16N3+. The fourth-order valence-corrected chi connectivity index (χ4v) is 2.58. The van der Waals surface area contributed by atoms with Gasteiger partial charge in [0.05, 0.1) is 11.7 Å². The number of benzene rings is 1. The standard InChI is InChI=1S/C15H16N3/c1-10-6-11(2)18(12(3)7-10)14-5-4-13-9-16-17-15(13)8-14/h4-9H,1-3H3,(H,16,17)/q+1. The molecule has 3 aromatic rings. The molecule has 3 rings (SSSR count). The van der Waals surface area contributed by atoms with Gasteiger partial charge in [0.25, 0.3) is 0 Å². The maximum atomic E-state index is 4.06. The summed E-state index contributed by atoms with van der Waals surface area (Å²) in [6.07, 6.45) is 1.85. The van der Waals surface area contributed by atoms with Crippen molar-refractivity contribution in [3.63, 3.8) is 0 Å². The molecule has 1 N–H and O–H groups in total. The van der Waals surface area contributed by atoms with Crippen molar-refractivity contribution in [3.8, 4) is 5.69 Å². The lowest BCUT2D eigenvalue weighted by atomic mass is 10.1. The number of hydrogen-bond acceptors (Lipinski definition) is 1. The first-order valence-electron chi connectivity index (χ1n) is 6.08. The molecule has 0 bridgehead atoms. The second-order valence-electron chi connectivity index (χ2n) is 4.79. The van der Waals surface area contributed by atoms with Crippen molar-refractivity contribution in [2.24, 2.45) is 0 Å². The number of rotatable bonds is 1. The molecule has 0 radical (unpaired) electrons. The molecule has 0 aliphatic rings. The third kappa shape index (κ3) is 1.68. The minimum atomic E-state index is 1.07. The number of fused-ring (bicyclic) bond motifs is 1. The van der Waals surface area contributed by atoms with Crippen molar-refractivity contribution in [1.29, 1.82) is 0 Å². The number of nitrogens with one attached hydrogen (secondary N) is 1. The van der Waals surface area contributed by atoms with E-state index in [-0.39, 0.29) is 0 Å². The molecule has 0 unspecified atom stereocenters. The summed E-state index contributed by atoms with van der Waals surface area (Å²) in [5, 5.41) is 8.22. The van der Waals surface area contributed by atoms with Crippen molar-refractivity contribution in [2.75, 3.05) is 0 Å². The van der Waals surface area contributed by atoms with Gasteiger partial charge in [0.1, 0.15) is 0 Å². The van der Waals surface area contributed by atoms with Crippen molar-refractivity contribution in [3.05, 3.63) is 53.5 Å². The summed E-state index contributed by atoms with van der Waals surface area (Å²) in [5.74, 6) is 0. The zero-order valence-corrected chi connectivity index (χ0v) is 10.9. The lowest BCUT2D eigenvalue weighted by molar-refractivity contribution is -0.609. The van der Waals surface area contributed by atoms with Gasteiger partial charge in [-0.3, -0.25) is 5.10 Å². The molecular weight excluding hydrogens is 222 g/mol. The largest absolute Gasteiger partial charge is 0.278 e. The fraction of sp³-hybridized carbons (Fsp3) is 0.200. The van der Waals surface area contributed by atoms with Gasteiger partial charge in [-0.15, -0.1) is 0 Å². The van der Waals surface area contributed by atoms with Crippen LogP contribution in [0.25, 0.3) is 16.6 Å². The number of aromatic nitrogens is 3. The van der Waals surface area contributed by atoms with Gasteiger partial charge in [-0.25, -0.2) is 0 Å².